The molecule has 3 aromatic carbocycles. The van der Waals surface area contributed by atoms with Gasteiger partial charge in [0.2, 0.25) is 11.8 Å². The Bertz CT molecular complexity index is 2330. The molecule has 71 heavy (non-hydrogen) atoms. The monoisotopic (exact) mass is 978 g/mol. The Morgan fingerprint density at radius 2 is 1.39 bits per heavy atom. The van der Waals surface area contributed by atoms with Crippen LogP contribution in [0.25, 0.3) is 0 Å². The predicted molar refractivity (Wildman–Crippen MR) is 271 cm³/mol. The first-order chi connectivity index (χ1) is 33.9. The van der Waals surface area contributed by atoms with Crippen LogP contribution in [0.3, 0.4) is 0 Å². The Hall–Kier alpha value is -5.90. The van der Waals surface area contributed by atoms with Gasteiger partial charge in [0.1, 0.15) is 32.8 Å². The Kier molecular flexibility index (Phi) is 19.5. The van der Waals surface area contributed by atoms with Gasteiger partial charge in [-0.3, -0.25) is 33.8 Å². The van der Waals surface area contributed by atoms with Crippen LogP contribution in [0, 0.1) is 29.1 Å². The third kappa shape index (κ3) is 16.9. The molecule has 2 amide bonds. The number of carbonyl (C=O) groups is 6. The van der Waals surface area contributed by atoms with Crippen LogP contribution in [0.5, 0.6) is 11.5 Å². The number of quaternary nitrogens is 1. The van der Waals surface area contributed by atoms with Gasteiger partial charge in [0.15, 0.2) is 28.8 Å². The number of nitrogens with zero attached hydrogens (tertiary/aromatic N) is 2. The molecule has 15 heteroatoms. The van der Waals surface area contributed by atoms with Crippen LogP contribution in [0.4, 0.5) is 0 Å². The predicted octanol–water partition coefficient (Wildman–Crippen LogP) is 6.59. The number of Topliss-reactive ketones (excluding diaryl/α,β-unsaturated/α-hetero) is 3. The second-order valence-electron chi connectivity index (χ2n) is 21.2. The van der Waals surface area contributed by atoms with Gasteiger partial charge in [0, 0.05) is 55.8 Å². The van der Waals surface area contributed by atoms with Crippen molar-refractivity contribution in [3.05, 3.63) is 107 Å². The molecule has 1 saturated heterocycles. The van der Waals surface area contributed by atoms with Crippen molar-refractivity contribution >= 4 is 35.1 Å². The van der Waals surface area contributed by atoms with Gasteiger partial charge in [-0.05, 0) is 86.1 Å². The Morgan fingerprint density at radius 1 is 0.775 bits per heavy atom. The molecule has 0 spiro atoms. The van der Waals surface area contributed by atoms with Crippen LogP contribution in [0.2, 0.25) is 0 Å². The molecule has 4 atom stereocenters. The van der Waals surface area contributed by atoms with E-state index in [1.807, 2.05) is 121 Å². The lowest BCUT2D eigenvalue weighted by atomic mass is 9.87. The van der Waals surface area contributed by atoms with E-state index in [1.54, 1.807) is 11.1 Å². The maximum absolute atomic E-state index is 14.7. The zero-order valence-corrected chi connectivity index (χ0v) is 42.9. The number of nitrogens with one attached hydrogen (secondary N) is 4. The van der Waals surface area contributed by atoms with Crippen LogP contribution in [-0.2, 0) is 52.9 Å². The van der Waals surface area contributed by atoms with E-state index in [0.717, 1.165) is 35.2 Å². The number of aryl methyl sites for hydroxylation is 1. The number of amides is 2. The summed E-state index contributed by atoms with van der Waals surface area (Å²) in [5.41, 5.74) is 9.11. The Labute approximate surface area is 420 Å². The molecule has 1 saturated carbocycles. The summed E-state index contributed by atoms with van der Waals surface area (Å²) in [7, 11) is 1.85. The molecule has 384 valence electrons. The summed E-state index contributed by atoms with van der Waals surface area (Å²) >= 11 is 0. The molecule has 2 aliphatic heterocycles. The number of ether oxygens (including phenoxy) is 3. The van der Waals surface area contributed by atoms with E-state index in [4.69, 9.17) is 14.2 Å². The molecule has 2 heterocycles. The highest BCUT2D eigenvalue weighted by Gasteiger charge is 2.48. The fraction of sp³-hybridized carbons (Fsp3) is 0.536. The van der Waals surface area contributed by atoms with Gasteiger partial charge in [-0.2, -0.15) is 0 Å². The highest BCUT2D eigenvalue weighted by Crippen LogP contribution is 2.47. The first kappa shape index (κ1) is 54.4. The normalized spacial score (nSPS) is 17.5. The maximum Gasteiger partial charge on any atom is 0.308 e. The summed E-state index contributed by atoms with van der Waals surface area (Å²) < 4.78 is 17.9. The minimum absolute atomic E-state index is 0.0252. The SMILES string of the molecule is CC(=O)Oc1ccc(C[N+]2(CC(=O)C[C@@H](CCc3ccccc3)C(=O)N[C@@H](CC(C)C)C(=O)C[C@@H](Cc3ccccc3)C(=O)N[C@@H](CC(C)C)C(=O)C3(C)CC3)CCOCC2)cc1OCC1=CN(C)NN1. The molecule has 6 rings (SSSR count). The second-order valence-corrected chi connectivity index (χ2v) is 21.2. The Balaban J connectivity index is 1.20. The highest BCUT2D eigenvalue weighted by molar-refractivity contribution is 5.97. The molecule has 15 nitrogen and oxygen atoms in total. The number of hydrazine groups is 2. The summed E-state index contributed by atoms with van der Waals surface area (Å²) in [4.78, 5) is 83.9. The molecule has 0 bridgehead atoms. The lowest BCUT2D eigenvalue weighted by molar-refractivity contribution is -0.940. The number of carbonyl (C=O) groups excluding carboxylic acids is 6. The first-order valence-electron chi connectivity index (χ1n) is 25.5. The molecule has 0 aromatic heterocycles. The first-order valence-corrected chi connectivity index (χ1v) is 25.5. The van der Waals surface area contributed by atoms with Gasteiger partial charge in [-0.25, -0.2) is 0 Å². The van der Waals surface area contributed by atoms with Gasteiger partial charge in [-0.15, -0.1) is 5.53 Å². The third-order valence-corrected chi connectivity index (χ3v) is 13.8. The van der Waals surface area contributed by atoms with Crippen molar-refractivity contribution in [3.8, 4) is 11.5 Å². The summed E-state index contributed by atoms with van der Waals surface area (Å²) in [6, 6.07) is 23.3. The third-order valence-electron chi connectivity index (χ3n) is 13.8. The van der Waals surface area contributed by atoms with E-state index >= 15 is 0 Å². The molecular formula is C56H77N6O9+. The van der Waals surface area contributed by atoms with Crippen LogP contribution >= 0.6 is 0 Å². The van der Waals surface area contributed by atoms with Crippen LogP contribution < -0.4 is 31.1 Å². The minimum atomic E-state index is -0.900. The number of ketones is 3. The number of rotatable bonds is 28. The number of morpholine rings is 1. The standard InChI is InChI=1S/C56H76N6O9/c1-38(2)28-48(50(65)33-45(30-42-16-12-9-13-17-42)55(68)58-49(29-39(3)4)53(66)56(6)22-23-56)57-54(67)44(20-18-41-14-10-8-11-15-41)32-47(64)36-62(24-26-69-27-25-62)35-43-19-21-51(71-40(5)63)52(31-43)70-37-46-34-61(7)60-59-46/h8-17,19,21,31,34,38-39,44-45,48-49,59-60H,18,20,22-30,32-33,35-37H2,1-7H3,(H-,57,58,67,68)/p+1/t44-,45-,48+,49+/m1/s1. The zero-order chi connectivity index (χ0) is 51.1. The van der Waals surface area contributed by atoms with Crippen LogP contribution in [0.15, 0.2) is 90.8 Å². The number of hydrogen-bond donors (Lipinski definition) is 4. The molecule has 0 radical (unpaired) electrons. The van der Waals surface area contributed by atoms with E-state index in [-0.39, 0.29) is 79.2 Å². The second kappa shape index (κ2) is 25.5. The minimum Gasteiger partial charge on any atom is -0.483 e. The highest BCUT2D eigenvalue weighted by atomic mass is 16.6. The van der Waals surface area contributed by atoms with E-state index in [0.29, 0.717) is 68.8 Å². The van der Waals surface area contributed by atoms with Gasteiger partial charge < -0.3 is 34.8 Å². The van der Waals surface area contributed by atoms with Crippen LogP contribution in [0.1, 0.15) is 103 Å². The molecular weight excluding hydrogens is 901 g/mol. The van der Waals surface area contributed by atoms with E-state index < -0.39 is 35.3 Å². The molecule has 3 aromatic rings. The number of benzene rings is 3. The van der Waals surface area contributed by atoms with Crippen molar-refractivity contribution in [2.75, 3.05) is 46.5 Å². The fourth-order valence-corrected chi connectivity index (χ4v) is 9.62. The van der Waals surface area contributed by atoms with Crippen molar-refractivity contribution in [2.45, 2.75) is 118 Å². The van der Waals surface area contributed by atoms with Crippen molar-refractivity contribution in [3.63, 3.8) is 0 Å². The molecule has 4 N–H and O–H groups in total. The van der Waals surface area contributed by atoms with Crippen molar-refractivity contribution < 1.29 is 47.5 Å². The maximum atomic E-state index is 14.7. The van der Waals surface area contributed by atoms with Gasteiger partial charge >= 0.3 is 5.97 Å². The molecule has 1 aliphatic carbocycles. The Morgan fingerprint density at radius 3 is 2.00 bits per heavy atom. The summed E-state index contributed by atoms with van der Waals surface area (Å²) in [5, 5.41) is 7.95. The van der Waals surface area contributed by atoms with Crippen molar-refractivity contribution in [1.29, 1.82) is 0 Å². The molecule has 3 aliphatic rings. The topological polar surface area (TPSA) is 181 Å². The number of esters is 1. The van der Waals surface area contributed by atoms with Gasteiger partial charge in [0.05, 0.1) is 31.0 Å². The number of hydrogen-bond acceptors (Lipinski definition) is 12. The largest absolute Gasteiger partial charge is 0.483 e. The summed E-state index contributed by atoms with van der Waals surface area (Å²) in [5.74, 6) is -2.17. The molecule has 2 fully saturated rings. The lowest BCUT2D eigenvalue weighted by Crippen LogP contribution is -2.57. The van der Waals surface area contributed by atoms with Gasteiger partial charge in [0.25, 0.3) is 0 Å². The van der Waals surface area contributed by atoms with Crippen molar-refractivity contribution in [2.24, 2.45) is 29.1 Å². The smallest absolute Gasteiger partial charge is 0.308 e. The zero-order valence-electron chi connectivity index (χ0n) is 42.9. The van der Waals surface area contributed by atoms with E-state index in [2.05, 4.69) is 21.6 Å². The van der Waals surface area contributed by atoms with E-state index in [9.17, 15) is 28.8 Å². The van der Waals surface area contributed by atoms with E-state index in [1.165, 1.54) is 6.92 Å². The van der Waals surface area contributed by atoms with Gasteiger partial charge in [-0.1, -0.05) is 95.3 Å². The van der Waals surface area contributed by atoms with Crippen LogP contribution in [-0.4, -0.2) is 103 Å². The lowest BCUT2D eigenvalue weighted by Gasteiger charge is -2.41. The average Bonchev–Trinajstić information content (AvgIpc) is 3.95. The average molecular weight is 978 g/mol. The summed E-state index contributed by atoms with van der Waals surface area (Å²) in [6.07, 6.45) is 5.34. The summed E-state index contributed by atoms with van der Waals surface area (Å²) in [6.45, 7) is 14.2. The van der Waals surface area contributed by atoms with Crippen molar-refractivity contribution in [1.82, 2.24) is 26.6 Å². The quantitative estimate of drug-likeness (QED) is 0.0349. The fourth-order valence-electron chi connectivity index (χ4n) is 9.62. The molecule has 0 unspecified atom stereocenters.